The second kappa shape index (κ2) is 7.33. The van der Waals surface area contributed by atoms with Crippen LogP contribution in [0, 0.1) is 0 Å². The minimum atomic E-state index is -0.194. The van der Waals surface area contributed by atoms with E-state index in [1.807, 2.05) is 21.6 Å². The number of methoxy groups -OCH3 is 1. The minimum Gasteiger partial charge on any atom is -0.375 e. The summed E-state index contributed by atoms with van der Waals surface area (Å²) in [5, 5.41) is 0.627. The van der Waals surface area contributed by atoms with Gasteiger partial charge in [0, 0.05) is 43.1 Å². The zero-order valence-electron chi connectivity index (χ0n) is 13.7. The van der Waals surface area contributed by atoms with E-state index in [0.29, 0.717) is 23.7 Å². The number of hydrogen-bond acceptors (Lipinski definition) is 4. The lowest BCUT2D eigenvalue weighted by Crippen LogP contribution is -2.54. The van der Waals surface area contributed by atoms with Crippen LogP contribution >= 0.6 is 23.4 Å². The van der Waals surface area contributed by atoms with Gasteiger partial charge in [0.25, 0.3) is 5.91 Å². The van der Waals surface area contributed by atoms with Gasteiger partial charge in [-0.05, 0) is 37.1 Å². The molecule has 0 N–H and O–H groups in total. The second-order valence-electron chi connectivity index (χ2n) is 6.07. The van der Waals surface area contributed by atoms with E-state index >= 15 is 0 Å². The van der Waals surface area contributed by atoms with Crippen molar-refractivity contribution in [1.29, 1.82) is 0 Å². The zero-order chi connectivity index (χ0) is 17.2. The van der Waals surface area contributed by atoms with E-state index < -0.39 is 0 Å². The Morgan fingerprint density at radius 2 is 1.88 bits per heavy atom. The van der Waals surface area contributed by atoms with Crippen LogP contribution in [0.4, 0.5) is 0 Å². The fraction of sp³-hybridized carbons (Fsp3) is 0.529. The van der Waals surface area contributed by atoms with E-state index in [1.54, 1.807) is 24.3 Å². The Balaban J connectivity index is 1.70. The van der Waals surface area contributed by atoms with Gasteiger partial charge in [-0.15, -0.1) is 11.8 Å². The van der Waals surface area contributed by atoms with Gasteiger partial charge in [-0.3, -0.25) is 9.59 Å². The molecule has 5 nitrogen and oxygen atoms in total. The molecular formula is C17H21ClN2O3S. The smallest absolute Gasteiger partial charge is 0.254 e. The van der Waals surface area contributed by atoms with E-state index in [2.05, 4.69) is 0 Å². The molecule has 2 amide bonds. The average Bonchev–Trinajstić information content (AvgIpc) is 2.99. The maximum Gasteiger partial charge on any atom is 0.254 e. The van der Waals surface area contributed by atoms with Gasteiger partial charge < -0.3 is 14.5 Å². The third-order valence-corrected chi connectivity index (χ3v) is 6.48. The summed E-state index contributed by atoms with van der Waals surface area (Å²) in [4.78, 5) is 28.5. The Kier molecular flexibility index (Phi) is 5.37. The fourth-order valence-corrected chi connectivity index (χ4v) is 4.96. The van der Waals surface area contributed by atoms with Crippen LogP contribution in [-0.2, 0) is 9.53 Å². The summed E-state index contributed by atoms with van der Waals surface area (Å²) in [5.74, 6) is 1.00. The molecule has 0 atom stereocenters. The lowest BCUT2D eigenvalue weighted by atomic mass is 10.0. The highest BCUT2D eigenvalue weighted by Gasteiger charge is 2.46. The number of amides is 2. The Hall–Kier alpha value is -1.24. The van der Waals surface area contributed by atoms with Crippen LogP contribution in [0.15, 0.2) is 24.3 Å². The highest BCUT2D eigenvalue weighted by Crippen LogP contribution is 2.44. The van der Waals surface area contributed by atoms with E-state index in [4.69, 9.17) is 16.3 Å². The molecule has 24 heavy (non-hydrogen) atoms. The summed E-state index contributed by atoms with van der Waals surface area (Å²) >= 11 is 7.75. The number of hydrogen-bond donors (Lipinski definition) is 0. The van der Waals surface area contributed by atoms with Crippen molar-refractivity contribution < 1.29 is 14.3 Å². The summed E-state index contributed by atoms with van der Waals surface area (Å²) in [6.07, 6.45) is 1.60. The largest absolute Gasteiger partial charge is 0.375 e. The van der Waals surface area contributed by atoms with Crippen molar-refractivity contribution in [1.82, 2.24) is 9.80 Å². The SMILES string of the molecule is COCC(=O)N1CCC2(CC1)SCCN2C(=O)c1ccc(Cl)cc1. The molecule has 1 aromatic rings. The molecule has 0 unspecified atom stereocenters. The van der Waals surface area contributed by atoms with Gasteiger partial charge in [0.15, 0.2) is 0 Å². The summed E-state index contributed by atoms with van der Waals surface area (Å²) in [6.45, 7) is 2.20. The van der Waals surface area contributed by atoms with Crippen molar-refractivity contribution in [3.05, 3.63) is 34.9 Å². The summed E-state index contributed by atoms with van der Waals surface area (Å²) in [5.41, 5.74) is 0.666. The zero-order valence-corrected chi connectivity index (χ0v) is 15.2. The maximum absolute atomic E-state index is 12.9. The molecule has 2 aliphatic heterocycles. The number of benzene rings is 1. The van der Waals surface area contributed by atoms with E-state index in [1.165, 1.54) is 7.11 Å². The van der Waals surface area contributed by atoms with Gasteiger partial charge in [0.2, 0.25) is 5.91 Å². The molecule has 0 bridgehead atoms. The molecule has 0 saturated carbocycles. The number of halogens is 1. The normalized spacial score (nSPS) is 19.8. The van der Waals surface area contributed by atoms with E-state index in [9.17, 15) is 9.59 Å². The standard InChI is InChI=1S/C17H21ClN2O3S/c1-23-12-15(21)19-8-6-17(7-9-19)20(10-11-24-17)16(22)13-2-4-14(18)5-3-13/h2-5H,6-12H2,1H3. The van der Waals surface area contributed by atoms with Crippen molar-refractivity contribution in [2.75, 3.05) is 39.1 Å². The van der Waals surface area contributed by atoms with Crippen LogP contribution in [0.2, 0.25) is 5.02 Å². The first-order chi connectivity index (χ1) is 11.6. The van der Waals surface area contributed by atoms with Crippen LogP contribution in [0.3, 0.4) is 0 Å². The molecule has 0 radical (unpaired) electrons. The maximum atomic E-state index is 12.9. The van der Waals surface area contributed by atoms with Crippen molar-refractivity contribution >= 4 is 35.2 Å². The van der Waals surface area contributed by atoms with Gasteiger partial charge in [0.1, 0.15) is 6.61 Å². The number of piperidine rings is 1. The van der Waals surface area contributed by atoms with Crippen LogP contribution in [0.5, 0.6) is 0 Å². The number of thioether (sulfide) groups is 1. The highest BCUT2D eigenvalue weighted by atomic mass is 35.5. The Morgan fingerprint density at radius 1 is 1.21 bits per heavy atom. The van der Waals surface area contributed by atoms with Crippen LogP contribution in [-0.4, -0.2) is 65.6 Å². The first-order valence-electron chi connectivity index (χ1n) is 8.04. The van der Waals surface area contributed by atoms with Crippen molar-refractivity contribution in [3.8, 4) is 0 Å². The van der Waals surface area contributed by atoms with Gasteiger partial charge in [-0.1, -0.05) is 11.6 Å². The van der Waals surface area contributed by atoms with Crippen molar-refractivity contribution in [3.63, 3.8) is 0 Å². The molecule has 130 valence electrons. The first kappa shape index (κ1) is 17.6. The molecule has 0 aromatic heterocycles. The predicted octanol–water partition coefficient (Wildman–Crippen LogP) is 2.49. The predicted molar refractivity (Wildman–Crippen MR) is 95.4 cm³/mol. The van der Waals surface area contributed by atoms with Gasteiger partial charge in [-0.2, -0.15) is 0 Å². The fourth-order valence-electron chi connectivity index (χ4n) is 3.38. The Bertz CT molecular complexity index is 615. The number of ether oxygens (including phenoxy) is 1. The molecule has 1 spiro atoms. The lowest BCUT2D eigenvalue weighted by Gasteiger charge is -2.44. The van der Waals surface area contributed by atoms with E-state index in [-0.39, 0.29) is 23.3 Å². The molecule has 2 fully saturated rings. The third-order valence-electron chi connectivity index (χ3n) is 4.68. The monoisotopic (exact) mass is 368 g/mol. The lowest BCUT2D eigenvalue weighted by molar-refractivity contribution is -0.136. The van der Waals surface area contributed by atoms with Crippen LogP contribution in [0.1, 0.15) is 23.2 Å². The molecule has 1 aromatic carbocycles. The molecule has 3 rings (SSSR count). The van der Waals surface area contributed by atoms with Crippen LogP contribution in [0.25, 0.3) is 0 Å². The summed E-state index contributed by atoms with van der Waals surface area (Å²) in [7, 11) is 1.53. The van der Waals surface area contributed by atoms with Gasteiger partial charge in [0.05, 0.1) is 4.87 Å². The Labute approximate surface area is 151 Å². The minimum absolute atomic E-state index is 0.0194. The number of nitrogens with zero attached hydrogens (tertiary/aromatic N) is 2. The van der Waals surface area contributed by atoms with Crippen molar-refractivity contribution in [2.24, 2.45) is 0 Å². The molecule has 2 heterocycles. The molecule has 7 heteroatoms. The average molecular weight is 369 g/mol. The van der Waals surface area contributed by atoms with Gasteiger partial charge in [-0.25, -0.2) is 0 Å². The Morgan fingerprint density at radius 3 is 2.50 bits per heavy atom. The van der Waals surface area contributed by atoms with E-state index in [0.717, 1.165) is 25.1 Å². The number of likely N-dealkylation sites (tertiary alicyclic amines) is 1. The van der Waals surface area contributed by atoms with Crippen molar-refractivity contribution in [2.45, 2.75) is 17.7 Å². The topological polar surface area (TPSA) is 49.9 Å². The number of carbonyl (C=O) groups excluding carboxylic acids is 2. The van der Waals surface area contributed by atoms with Gasteiger partial charge >= 0.3 is 0 Å². The molecular weight excluding hydrogens is 348 g/mol. The molecule has 2 aliphatic rings. The highest BCUT2D eigenvalue weighted by molar-refractivity contribution is 8.00. The third kappa shape index (κ3) is 3.41. The summed E-state index contributed by atoms with van der Waals surface area (Å²) < 4.78 is 4.93. The molecule has 0 aliphatic carbocycles. The number of carbonyl (C=O) groups is 2. The second-order valence-corrected chi connectivity index (χ2v) is 7.97. The number of rotatable bonds is 3. The molecule has 2 saturated heterocycles. The first-order valence-corrected chi connectivity index (χ1v) is 9.40. The summed E-state index contributed by atoms with van der Waals surface area (Å²) in [6, 6.07) is 7.05. The quantitative estimate of drug-likeness (QED) is 0.822. The van der Waals surface area contributed by atoms with Crippen LogP contribution < -0.4 is 0 Å².